The highest BCUT2D eigenvalue weighted by molar-refractivity contribution is 6.33. The summed E-state index contributed by atoms with van der Waals surface area (Å²) in [6.45, 7) is 1.79. The van der Waals surface area contributed by atoms with Gasteiger partial charge in [-0.15, -0.1) is 0 Å². The molecule has 1 amide bonds. The molecule has 21 heavy (non-hydrogen) atoms. The first-order valence-electron chi connectivity index (χ1n) is 6.16. The van der Waals surface area contributed by atoms with E-state index < -0.39 is 10.8 Å². The predicted molar refractivity (Wildman–Crippen MR) is 77.3 cm³/mol. The summed E-state index contributed by atoms with van der Waals surface area (Å²) in [5.41, 5.74) is -0.0893. The average Bonchev–Trinajstić information content (AvgIpc) is 2.99. The Balaban J connectivity index is 2.31. The summed E-state index contributed by atoms with van der Waals surface area (Å²) in [4.78, 5) is 24.1. The fourth-order valence-electron chi connectivity index (χ4n) is 1.88. The van der Waals surface area contributed by atoms with Crippen LogP contribution in [0.15, 0.2) is 41.0 Å². The molecule has 0 bridgehead atoms. The number of hydrogen-bond acceptors (Lipinski definition) is 4. The van der Waals surface area contributed by atoms with Crippen molar-refractivity contribution in [3.05, 3.63) is 63.1 Å². The number of amides is 1. The van der Waals surface area contributed by atoms with E-state index in [4.69, 9.17) is 16.0 Å². The van der Waals surface area contributed by atoms with Gasteiger partial charge in [0.15, 0.2) is 0 Å². The Morgan fingerprint density at radius 2 is 2.14 bits per heavy atom. The first-order valence-corrected chi connectivity index (χ1v) is 6.54. The van der Waals surface area contributed by atoms with Crippen molar-refractivity contribution < 1.29 is 14.1 Å². The summed E-state index contributed by atoms with van der Waals surface area (Å²) in [7, 11) is 1.59. The lowest BCUT2D eigenvalue weighted by atomic mass is 10.1. The van der Waals surface area contributed by atoms with Crippen LogP contribution in [0.25, 0.3) is 0 Å². The number of furan rings is 1. The van der Waals surface area contributed by atoms with Crippen molar-refractivity contribution in [2.24, 2.45) is 0 Å². The van der Waals surface area contributed by atoms with Crippen molar-refractivity contribution in [2.45, 2.75) is 13.0 Å². The molecular weight excluding hydrogens is 296 g/mol. The van der Waals surface area contributed by atoms with E-state index >= 15 is 0 Å². The molecule has 0 spiro atoms. The lowest BCUT2D eigenvalue weighted by Crippen LogP contribution is -2.29. The van der Waals surface area contributed by atoms with Crippen molar-refractivity contribution in [3.8, 4) is 0 Å². The van der Waals surface area contributed by atoms with Gasteiger partial charge in [-0.25, -0.2) is 0 Å². The smallest absolute Gasteiger partial charge is 0.270 e. The molecule has 0 aliphatic carbocycles. The van der Waals surface area contributed by atoms with E-state index in [1.165, 1.54) is 29.4 Å². The minimum absolute atomic E-state index is 0.0896. The number of rotatable bonds is 4. The van der Waals surface area contributed by atoms with E-state index in [-0.39, 0.29) is 22.3 Å². The maximum absolute atomic E-state index is 12.5. The second-order valence-electron chi connectivity index (χ2n) is 4.53. The van der Waals surface area contributed by atoms with Crippen LogP contribution in [0.3, 0.4) is 0 Å². The number of nitro groups is 1. The number of carbonyl (C=O) groups excluding carboxylic acids is 1. The van der Waals surface area contributed by atoms with Crippen molar-refractivity contribution >= 4 is 23.2 Å². The molecule has 0 aliphatic heterocycles. The number of nitro benzene ring substituents is 1. The Morgan fingerprint density at radius 1 is 1.43 bits per heavy atom. The Labute approximate surface area is 126 Å². The van der Waals surface area contributed by atoms with E-state index in [2.05, 4.69) is 0 Å². The molecule has 2 rings (SSSR count). The summed E-state index contributed by atoms with van der Waals surface area (Å²) in [6.07, 6.45) is 1.52. The van der Waals surface area contributed by atoms with Gasteiger partial charge in [-0.2, -0.15) is 0 Å². The molecule has 1 aromatic carbocycles. The average molecular weight is 309 g/mol. The van der Waals surface area contributed by atoms with Crippen LogP contribution in [0, 0.1) is 10.1 Å². The van der Waals surface area contributed by atoms with Crippen molar-refractivity contribution in [3.63, 3.8) is 0 Å². The minimum Gasteiger partial charge on any atom is -0.467 e. The third-order valence-corrected chi connectivity index (χ3v) is 3.58. The van der Waals surface area contributed by atoms with Crippen molar-refractivity contribution in [1.82, 2.24) is 4.90 Å². The lowest BCUT2D eigenvalue weighted by molar-refractivity contribution is -0.384. The summed E-state index contributed by atoms with van der Waals surface area (Å²) in [5, 5.41) is 11.0. The van der Waals surface area contributed by atoms with Gasteiger partial charge in [-0.05, 0) is 25.1 Å². The van der Waals surface area contributed by atoms with Gasteiger partial charge in [-0.1, -0.05) is 11.6 Å². The van der Waals surface area contributed by atoms with Crippen LogP contribution in [0.2, 0.25) is 5.02 Å². The lowest BCUT2D eigenvalue weighted by Gasteiger charge is -2.23. The number of halogens is 1. The molecule has 110 valence electrons. The molecule has 1 heterocycles. The summed E-state index contributed by atoms with van der Waals surface area (Å²) >= 11 is 5.98. The van der Waals surface area contributed by atoms with Gasteiger partial charge in [0.25, 0.3) is 11.6 Å². The second-order valence-corrected chi connectivity index (χ2v) is 4.94. The summed E-state index contributed by atoms with van der Waals surface area (Å²) in [6, 6.07) is 6.94. The van der Waals surface area contributed by atoms with Gasteiger partial charge in [0.05, 0.1) is 27.8 Å². The second kappa shape index (κ2) is 5.97. The highest BCUT2D eigenvalue weighted by Gasteiger charge is 2.24. The monoisotopic (exact) mass is 308 g/mol. The molecular formula is C14H13ClN2O4. The Morgan fingerprint density at radius 3 is 2.71 bits per heavy atom. The fraction of sp³-hybridized carbons (Fsp3) is 0.214. The number of nitrogens with zero attached hydrogens (tertiary/aromatic N) is 2. The van der Waals surface area contributed by atoms with Crippen molar-refractivity contribution in [1.29, 1.82) is 0 Å². The summed E-state index contributed by atoms with van der Waals surface area (Å²) in [5.74, 6) is 0.208. The zero-order valence-electron chi connectivity index (χ0n) is 11.4. The molecule has 0 N–H and O–H groups in total. The van der Waals surface area contributed by atoms with Crippen LogP contribution in [0.1, 0.15) is 29.1 Å². The van der Waals surface area contributed by atoms with Gasteiger partial charge in [0.2, 0.25) is 0 Å². The van der Waals surface area contributed by atoms with Gasteiger partial charge in [0, 0.05) is 19.2 Å². The van der Waals surface area contributed by atoms with Gasteiger partial charge >= 0.3 is 0 Å². The van der Waals surface area contributed by atoms with Crippen LogP contribution in [-0.4, -0.2) is 22.8 Å². The first kappa shape index (κ1) is 15.1. The summed E-state index contributed by atoms with van der Waals surface area (Å²) < 4.78 is 5.26. The molecule has 6 nitrogen and oxygen atoms in total. The van der Waals surface area contributed by atoms with Gasteiger partial charge < -0.3 is 9.32 Å². The van der Waals surface area contributed by atoms with Crippen LogP contribution in [0.5, 0.6) is 0 Å². The highest BCUT2D eigenvalue weighted by Crippen LogP contribution is 2.26. The number of non-ortho nitro benzene ring substituents is 1. The van der Waals surface area contributed by atoms with Gasteiger partial charge in [0.1, 0.15) is 5.76 Å². The van der Waals surface area contributed by atoms with Gasteiger partial charge in [-0.3, -0.25) is 14.9 Å². The molecule has 0 fully saturated rings. The van der Waals surface area contributed by atoms with Crippen LogP contribution < -0.4 is 0 Å². The molecule has 1 unspecified atom stereocenters. The van der Waals surface area contributed by atoms with E-state index in [0.29, 0.717) is 5.76 Å². The molecule has 2 aromatic rings. The molecule has 0 saturated carbocycles. The molecule has 7 heteroatoms. The number of carbonyl (C=O) groups is 1. The van der Waals surface area contributed by atoms with Crippen LogP contribution in [0.4, 0.5) is 5.69 Å². The first-order chi connectivity index (χ1) is 9.91. The zero-order chi connectivity index (χ0) is 15.6. The Kier molecular flexibility index (Phi) is 4.28. The Hall–Kier alpha value is -2.34. The third-order valence-electron chi connectivity index (χ3n) is 3.25. The van der Waals surface area contributed by atoms with Crippen molar-refractivity contribution in [2.75, 3.05) is 7.05 Å². The SMILES string of the molecule is CC(c1ccco1)N(C)C(=O)c1cc([N+](=O)[O-])ccc1Cl. The van der Waals surface area contributed by atoms with E-state index in [9.17, 15) is 14.9 Å². The minimum atomic E-state index is -0.566. The largest absolute Gasteiger partial charge is 0.467 e. The normalized spacial score (nSPS) is 12.0. The van der Waals surface area contributed by atoms with E-state index in [0.717, 1.165) is 0 Å². The zero-order valence-corrected chi connectivity index (χ0v) is 12.2. The third kappa shape index (κ3) is 3.05. The van der Waals surface area contributed by atoms with Crippen LogP contribution in [-0.2, 0) is 0 Å². The topological polar surface area (TPSA) is 76.6 Å². The van der Waals surface area contributed by atoms with E-state index in [1.807, 2.05) is 0 Å². The quantitative estimate of drug-likeness (QED) is 0.637. The maximum atomic E-state index is 12.5. The highest BCUT2D eigenvalue weighted by atomic mass is 35.5. The van der Waals surface area contributed by atoms with E-state index in [1.54, 1.807) is 26.1 Å². The maximum Gasteiger partial charge on any atom is 0.270 e. The molecule has 1 atom stereocenters. The van der Waals surface area contributed by atoms with Crippen LogP contribution >= 0.6 is 11.6 Å². The molecule has 0 radical (unpaired) electrons. The fourth-order valence-corrected chi connectivity index (χ4v) is 2.07. The standard InChI is InChI=1S/C14H13ClN2O4/c1-9(13-4-3-7-21-13)16(2)14(18)11-8-10(17(19)20)5-6-12(11)15/h3-9H,1-2H3. The number of benzene rings is 1. The predicted octanol–water partition coefficient (Wildman–Crippen LogP) is 3.67. The molecule has 1 aromatic heterocycles. The number of hydrogen-bond donors (Lipinski definition) is 0. The molecule has 0 aliphatic rings. The Bertz CT molecular complexity index is 670. The molecule has 0 saturated heterocycles.